The van der Waals surface area contributed by atoms with Crippen molar-refractivity contribution in [3.05, 3.63) is 9.89 Å². The number of hydrogen-bond acceptors (Lipinski definition) is 4. The van der Waals surface area contributed by atoms with E-state index in [9.17, 15) is 4.79 Å². The number of carbonyl (C=O) groups is 1. The van der Waals surface area contributed by atoms with Crippen molar-refractivity contribution in [2.45, 2.75) is 6.92 Å². The van der Waals surface area contributed by atoms with E-state index in [1.54, 1.807) is 12.3 Å². The minimum atomic E-state index is -0.331. The Morgan fingerprint density at radius 2 is 2.42 bits per heavy atom. The standard InChI is InChI=1S/C7H12BrNO2S/c1-2-11-7(10)6(8)5-12-4-3-9/h5H,2-4,9H2,1H3. The molecule has 0 heterocycles. The van der Waals surface area contributed by atoms with E-state index in [4.69, 9.17) is 10.5 Å². The quantitative estimate of drug-likeness (QED) is 0.458. The second-order valence-electron chi connectivity index (χ2n) is 1.85. The normalized spacial score (nSPS) is 11.4. The lowest BCUT2D eigenvalue weighted by Crippen LogP contribution is -2.03. The zero-order valence-corrected chi connectivity index (χ0v) is 9.28. The molecule has 0 aliphatic heterocycles. The van der Waals surface area contributed by atoms with Gasteiger partial charge in [0.2, 0.25) is 0 Å². The van der Waals surface area contributed by atoms with Gasteiger partial charge in [-0.05, 0) is 28.3 Å². The van der Waals surface area contributed by atoms with Crippen LogP contribution >= 0.6 is 27.7 Å². The molecule has 5 heteroatoms. The van der Waals surface area contributed by atoms with Gasteiger partial charge in [-0.25, -0.2) is 4.79 Å². The Morgan fingerprint density at radius 1 is 1.75 bits per heavy atom. The van der Waals surface area contributed by atoms with Crippen LogP contribution in [0.4, 0.5) is 0 Å². The Hall–Kier alpha value is -0.0000000000000000763. The summed E-state index contributed by atoms with van der Waals surface area (Å²) in [6, 6.07) is 0. The van der Waals surface area contributed by atoms with Crippen molar-refractivity contribution in [2.24, 2.45) is 5.73 Å². The first-order chi connectivity index (χ1) is 5.72. The SMILES string of the molecule is CCOC(=O)C(Br)=CSCCN. The summed E-state index contributed by atoms with van der Waals surface area (Å²) in [6.07, 6.45) is 0. The molecule has 0 saturated heterocycles. The van der Waals surface area contributed by atoms with E-state index in [0.29, 0.717) is 17.6 Å². The van der Waals surface area contributed by atoms with Crippen molar-refractivity contribution in [1.82, 2.24) is 0 Å². The minimum absolute atomic E-state index is 0.331. The lowest BCUT2D eigenvalue weighted by atomic mass is 10.6. The molecular formula is C7H12BrNO2S. The largest absolute Gasteiger partial charge is 0.462 e. The van der Waals surface area contributed by atoms with Crippen LogP contribution in [0.25, 0.3) is 0 Å². The van der Waals surface area contributed by atoms with Gasteiger partial charge in [-0.3, -0.25) is 0 Å². The third-order valence-electron chi connectivity index (χ3n) is 0.893. The highest BCUT2D eigenvalue weighted by molar-refractivity contribution is 9.12. The van der Waals surface area contributed by atoms with Crippen molar-refractivity contribution in [3.8, 4) is 0 Å². The summed E-state index contributed by atoms with van der Waals surface area (Å²) >= 11 is 4.58. The monoisotopic (exact) mass is 253 g/mol. The number of esters is 1. The molecule has 3 nitrogen and oxygen atoms in total. The molecule has 0 bridgehead atoms. The molecule has 0 aromatic heterocycles. The van der Waals surface area contributed by atoms with Gasteiger partial charge in [-0.15, -0.1) is 11.8 Å². The molecule has 0 aromatic rings. The highest BCUT2D eigenvalue weighted by atomic mass is 79.9. The molecule has 0 fully saturated rings. The third-order valence-corrected chi connectivity index (χ3v) is 2.62. The topological polar surface area (TPSA) is 52.3 Å². The Bertz CT molecular complexity index is 173. The van der Waals surface area contributed by atoms with Crippen LogP contribution in [0.3, 0.4) is 0 Å². The van der Waals surface area contributed by atoms with Crippen LogP contribution in [-0.4, -0.2) is 24.9 Å². The predicted octanol–water partition coefficient (Wildman–Crippen LogP) is 1.48. The van der Waals surface area contributed by atoms with Gasteiger partial charge in [0, 0.05) is 12.3 Å². The first-order valence-electron chi connectivity index (χ1n) is 3.56. The molecule has 70 valence electrons. The summed E-state index contributed by atoms with van der Waals surface area (Å²) in [5.74, 6) is 0.469. The van der Waals surface area contributed by atoms with E-state index in [1.165, 1.54) is 11.8 Å². The number of rotatable bonds is 5. The summed E-state index contributed by atoms with van der Waals surface area (Å²) in [4.78, 5) is 11.0. The number of carbonyl (C=O) groups excluding carboxylic acids is 1. The van der Waals surface area contributed by atoms with Gasteiger partial charge in [0.15, 0.2) is 0 Å². The third kappa shape index (κ3) is 5.62. The molecule has 2 N–H and O–H groups in total. The number of hydrogen-bond donors (Lipinski definition) is 1. The second kappa shape index (κ2) is 7.64. The van der Waals surface area contributed by atoms with Crippen LogP contribution in [0.15, 0.2) is 9.89 Å². The van der Waals surface area contributed by atoms with E-state index in [-0.39, 0.29) is 5.97 Å². The van der Waals surface area contributed by atoms with E-state index in [0.717, 1.165) is 5.75 Å². The predicted molar refractivity (Wildman–Crippen MR) is 55.2 cm³/mol. The minimum Gasteiger partial charge on any atom is -0.462 e. The van der Waals surface area contributed by atoms with Crippen LogP contribution in [0, 0.1) is 0 Å². The molecule has 0 unspecified atom stereocenters. The average Bonchev–Trinajstić information content (AvgIpc) is 2.05. The Labute approximate surface area is 84.8 Å². The lowest BCUT2D eigenvalue weighted by molar-refractivity contribution is -0.137. The molecule has 0 spiro atoms. The van der Waals surface area contributed by atoms with Gasteiger partial charge in [-0.1, -0.05) is 0 Å². The molecule has 0 aliphatic rings. The maximum absolute atomic E-state index is 11.0. The van der Waals surface area contributed by atoms with E-state index in [2.05, 4.69) is 15.9 Å². The van der Waals surface area contributed by atoms with Gasteiger partial charge < -0.3 is 10.5 Å². The zero-order valence-electron chi connectivity index (χ0n) is 6.88. The molecule has 12 heavy (non-hydrogen) atoms. The van der Waals surface area contributed by atoms with Crippen molar-refractivity contribution in [1.29, 1.82) is 0 Å². The van der Waals surface area contributed by atoms with Crippen LogP contribution in [0.5, 0.6) is 0 Å². The van der Waals surface area contributed by atoms with E-state index >= 15 is 0 Å². The Balaban J connectivity index is 3.74. The molecular weight excluding hydrogens is 242 g/mol. The fourth-order valence-electron chi connectivity index (χ4n) is 0.448. The first kappa shape index (κ1) is 12.0. The van der Waals surface area contributed by atoms with Crippen molar-refractivity contribution >= 4 is 33.7 Å². The molecule has 0 amide bonds. The summed E-state index contributed by atoms with van der Waals surface area (Å²) < 4.78 is 5.18. The Kier molecular flexibility index (Phi) is 7.64. The average molecular weight is 254 g/mol. The van der Waals surface area contributed by atoms with Gasteiger partial charge in [-0.2, -0.15) is 0 Å². The molecule has 0 radical (unpaired) electrons. The van der Waals surface area contributed by atoms with Crippen LogP contribution in [-0.2, 0) is 9.53 Å². The molecule has 0 saturated carbocycles. The van der Waals surface area contributed by atoms with Crippen LogP contribution < -0.4 is 5.73 Å². The number of thioether (sulfide) groups is 1. The summed E-state index contributed by atoms with van der Waals surface area (Å²) in [5.41, 5.74) is 5.27. The van der Waals surface area contributed by atoms with Gasteiger partial charge in [0.25, 0.3) is 0 Å². The summed E-state index contributed by atoms with van der Waals surface area (Å²) in [6.45, 7) is 2.76. The highest BCUT2D eigenvalue weighted by Gasteiger charge is 2.04. The fraction of sp³-hybridized carbons (Fsp3) is 0.571. The van der Waals surface area contributed by atoms with Crippen molar-refractivity contribution in [3.63, 3.8) is 0 Å². The van der Waals surface area contributed by atoms with Crippen LogP contribution in [0.1, 0.15) is 6.92 Å². The molecule has 0 aliphatic carbocycles. The smallest absolute Gasteiger partial charge is 0.345 e. The summed E-state index contributed by atoms with van der Waals surface area (Å²) in [7, 11) is 0. The maximum atomic E-state index is 11.0. The first-order valence-corrected chi connectivity index (χ1v) is 5.41. The molecule has 0 atom stereocenters. The van der Waals surface area contributed by atoms with Gasteiger partial charge >= 0.3 is 5.97 Å². The highest BCUT2D eigenvalue weighted by Crippen LogP contribution is 2.13. The van der Waals surface area contributed by atoms with Crippen LogP contribution in [0.2, 0.25) is 0 Å². The van der Waals surface area contributed by atoms with Gasteiger partial charge in [0.1, 0.15) is 4.48 Å². The lowest BCUT2D eigenvalue weighted by Gasteiger charge is -1.98. The summed E-state index contributed by atoms with van der Waals surface area (Å²) in [5, 5.41) is 1.70. The second-order valence-corrected chi connectivity index (χ2v) is 3.68. The number of ether oxygens (including phenoxy) is 1. The van der Waals surface area contributed by atoms with E-state index in [1.807, 2.05) is 0 Å². The van der Waals surface area contributed by atoms with Crippen molar-refractivity contribution in [2.75, 3.05) is 18.9 Å². The molecule has 0 aromatic carbocycles. The molecule has 0 rings (SSSR count). The maximum Gasteiger partial charge on any atom is 0.345 e. The number of halogens is 1. The van der Waals surface area contributed by atoms with E-state index < -0.39 is 0 Å². The Morgan fingerprint density at radius 3 is 2.92 bits per heavy atom. The number of nitrogens with two attached hydrogens (primary N) is 1. The zero-order chi connectivity index (χ0) is 9.40. The van der Waals surface area contributed by atoms with Crippen molar-refractivity contribution < 1.29 is 9.53 Å². The van der Waals surface area contributed by atoms with Gasteiger partial charge in [0.05, 0.1) is 6.61 Å². The fourth-order valence-corrected chi connectivity index (χ4v) is 1.46.